The van der Waals surface area contributed by atoms with Crippen LogP contribution < -0.4 is 0 Å². The van der Waals surface area contributed by atoms with E-state index in [1.54, 1.807) is 0 Å². The van der Waals surface area contributed by atoms with Crippen LogP contribution in [0.3, 0.4) is 0 Å². The van der Waals surface area contributed by atoms with E-state index in [1.165, 1.54) is 30.0 Å². The maximum Gasteiger partial charge on any atom is 0.138 e. The molecule has 2 aromatic rings. The number of rotatable bonds is 1. The van der Waals surface area contributed by atoms with Gasteiger partial charge < -0.3 is 0 Å². The first kappa shape index (κ1) is 10.5. The van der Waals surface area contributed by atoms with Gasteiger partial charge in [-0.25, -0.2) is 4.98 Å². The lowest BCUT2D eigenvalue weighted by Gasteiger charge is -2.18. The van der Waals surface area contributed by atoms with E-state index in [4.69, 9.17) is 11.6 Å². The van der Waals surface area contributed by atoms with Gasteiger partial charge in [-0.05, 0) is 30.7 Å². The fraction of sp³-hybridized carbons (Fsp3) is 0.417. The monoisotopic (exact) mass is 252 g/mol. The minimum absolute atomic E-state index is 0.606. The molecule has 0 aromatic carbocycles. The normalized spacial score (nSPS) is 21.4. The number of thioether (sulfide) groups is 1. The average Bonchev–Trinajstić information content (AvgIpc) is 2.76. The Labute approximate surface area is 104 Å². The fourth-order valence-electron chi connectivity index (χ4n) is 2.17. The average molecular weight is 253 g/mol. The highest BCUT2D eigenvalue weighted by Gasteiger charge is 2.18. The van der Waals surface area contributed by atoms with Crippen molar-refractivity contribution in [2.75, 3.05) is 11.5 Å². The summed E-state index contributed by atoms with van der Waals surface area (Å²) in [6.07, 6.45) is 4.65. The number of halogens is 1. The van der Waals surface area contributed by atoms with Crippen LogP contribution >= 0.6 is 23.4 Å². The molecule has 1 aliphatic heterocycles. The molecule has 1 aliphatic rings. The first-order valence-electron chi connectivity index (χ1n) is 5.56. The number of nitrogens with zero attached hydrogens (tertiary/aromatic N) is 2. The van der Waals surface area contributed by atoms with Crippen LogP contribution in [-0.4, -0.2) is 20.9 Å². The summed E-state index contributed by atoms with van der Waals surface area (Å²) in [7, 11) is 0. The summed E-state index contributed by atoms with van der Waals surface area (Å²) in [5.41, 5.74) is 2.15. The van der Waals surface area contributed by atoms with Crippen molar-refractivity contribution in [1.29, 1.82) is 0 Å². The van der Waals surface area contributed by atoms with Crippen LogP contribution in [0.15, 0.2) is 24.4 Å². The Morgan fingerprint density at radius 3 is 3.12 bits per heavy atom. The molecule has 3 heterocycles. The molecule has 16 heavy (non-hydrogen) atoms. The molecule has 1 unspecified atom stereocenters. The molecule has 0 saturated carbocycles. The second kappa shape index (κ2) is 4.30. The fourth-order valence-corrected chi connectivity index (χ4v) is 3.53. The van der Waals surface area contributed by atoms with Crippen molar-refractivity contribution in [3.8, 4) is 0 Å². The molecule has 84 valence electrons. The predicted octanol–water partition coefficient (Wildman–Crippen LogP) is 3.60. The van der Waals surface area contributed by atoms with Gasteiger partial charge in [-0.1, -0.05) is 17.7 Å². The van der Waals surface area contributed by atoms with Crippen LogP contribution in [0.5, 0.6) is 0 Å². The van der Waals surface area contributed by atoms with Gasteiger partial charge in [0.25, 0.3) is 0 Å². The zero-order valence-corrected chi connectivity index (χ0v) is 10.5. The molecule has 3 rings (SSSR count). The number of hydrogen-bond acceptors (Lipinski definition) is 2. The number of aromatic nitrogens is 2. The highest BCUT2D eigenvalue weighted by atomic mass is 35.5. The molecule has 1 saturated heterocycles. The largest absolute Gasteiger partial charge is 0.290 e. The summed E-state index contributed by atoms with van der Waals surface area (Å²) >= 11 is 8.16. The predicted molar refractivity (Wildman–Crippen MR) is 69.5 cm³/mol. The van der Waals surface area contributed by atoms with Crippen LogP contribution in [-0.2, 0) is 0 Å². The van der Waals surface area contributed by atoms with Crippen LogP contribution in [0, 0.1) is 0 Å². The van der Waals surface area contributed by atoms with Crippen molar-refractivity contribution >= 4 is 29.0 Å². The minimum atomic E-state index is 0.606. The van der Waals surface area contributed by atoms with Gasteiger partial charge in [0.05, 0.1) is 5.69 Å². The summed E-state index contributed by atoms with van der Waals surface area (Å²) in [5, 5.41) is 0.736. The molecule has 1 atom stereocenters. The lowest BCUT2D eigenvalue weighted by Crippen LogP contribution is -2.08. The van der Waals surface area contributed by atoms with Gasteiger partial charge in [-0.15, -0.1) is 0 Å². The summed E-state index contributed by atoms with van der Waals surface area (Å²) in [6, 6.07) is 5.85. The van der Waals surface area contributed by atoms with Gasteiger partial charge in [-0.2, -0.15) is 11.8 Å². The molecule has 0 N–H and O–H groups in total. The third-order valence-corrected chi connectivity index (χ3v) is 4.56. The highest BCUT2D eigenvalue weighted by Crippen LogP contribution is 2.31. The van der Waals surface area contributed by atoms with E-state index in [0.717, 1.165) is 10.8 Å². The maximum atomic E-state index is 6.13. The number of imidazole rings is 1. The van der Waals surface area contributed by atoms with E-state index < -0.39 is 0 Å². The van der Waals surface area contributed by atoms with Crippen molar-refractivity contribution in [2.45, 2.75) is 18.8 Å². The third kappa shape index (κ3) is 1.82. The highest BCUT2D eigenvalue weighted by molar-refractivity contribution is 7.99. The summed E-state index contributed by atoms with van der Waals surface area (Å²) in [4.78, 5) is 4.66. The van der Waals surface area contributed by atoms with Crippen LogP contribution in [0.2, 0.25) is 5.15 Å². The summed E-state index contributed by atoms with van der Waals surface area (Å²) in [5.74, 6) is 3.10. The molecule has 0 radical (unpaired) electrons. The number of hydrogen-bond donors (Lipinski definition) is 0. The van der Waals surface area contributed by atoms with Crippen molar-refractivity contribution in [3.63, 3.8) is 0 Å². The Balaban J connectivity index is 2.01. The SMILES string of the molecule is Clc1cccc2nc(C3CCCSC3)cn12. The van der Waals surface area contributed by atoms with Crippen LogP contribution in [0.1, 0.15) is 24.5 Å². The molecular formula is C12H13ClN2S. The molecule has 0 spiro atoms. The molecular weight excluding hydrogens is 240 g/mol. The third-order valence-electron chi connectivity index (χ3n) is 3.04. The Morgan fingerprint density at radius 2 is 2.38 bits per heavy atom. The van der Waals surface area contributed by atoms with Gasteiger partial charge in [-0.3, -0.25) is 4.40 Å². The molecule has 0 amide bonds. The zero-order chi connectivity index (χ0) is 11.0. The quantitative estimate of drug-likeness (QED) is 0.722. The molecule has 0 aliphatic carbocycles. The Morgan fingerprint density at radius 1 is 1.44 bits per heavy atom. The zero-order valence-electron chi connectivity index (χ0n) is 8.90. The Kier molecular flexibility index (Phi) is 2.82. The molecule has 0 bridgehead atoms. The maximum absolute atomic E-state index is 6.13. The van der Waals surface area contributed by atoms with E-state index in [0.29, 0.717) is 5.92 Å². The van der Waals surface area contributed by atoms with E-state index in [1.807, 2.05) is 34.4 Å². The standard InChI is InChI=1S/C12H13ClN2S/c13-11-4-1-5-12-14-10(7-15(11)12)9-3-2-6-16-8-9/h1,4-5,7,9H,2-3,6,8H2. The second-order valence-electron chi connectivity index (χ2n) is 4.16. The van der Waals surface area contributed by atoms with E-state index in [-0.39, 0.29) is 0 Å². The van der Waals surface area contributed by atoms with Gasteiger partial charge >= 0.3 is 0 Å². The van der Waals surface area contributed by atoms with Crippen molar-refractivity contribution in [2.24, 2.45) is 0 Å². The molecule has 4 heteroatoms. The van der Waals surface area contributed by atoms with Crippen LogP contribution in [0.4, 0.5) is 0 Å². The summed E-state index contributed by atoms with van der Waals surface area (Å²) in [6.45, 7) is 0. The number of pyridine rings is 1. The van der Waals surface area contributed by atoms with Crippen molar-refractivity contribution < 1.29 is 0 Å². The minimum Gasteiger partial charge on any atom is -0.290 e. The van der Waals surface area contributed by atoms with Crippen LogP contribution in [0.25, 0.3) is 5.65 Å². The molecule has 2 nitrogen and oxygen atoms in total. The van der Waals surface area contributed by atoms with E-state index in [2.05, 4.69) is 11.2 Å². The smallest absolute Gasteiger partial charge is 0.138 e. The number of fused-ring (bicyclic) bond motifs is 1. The van der Waals surface area contributed by atoms with Crippen molar-refractivity contribution in [3.05, 3.63) is 35.2 Å². The van der Waals surface area contributed by atoms with Gasteiger partial charge in [0.1, 0.15) is 10.8 Å². The van der Waals surface area contributed by atoms with E-state index in [9.17, 15) is 0 Å². The first-order chi connectivity index (χ1) is 7.84. The molecule has 2 aromatic heterocycles. The van der Waals surface area contributed by atoms with Gasteiger partial charge in [0.2, 0.25) is 0 Å². The Hall–Kier alpha value is -0.670. The summed E-state index contributed by atoms with van der Waals surface area (Å²) < 4.78 is 1.97. The Bertz CT molecular complexity index is 503. The van der Waals surface area contributed by atoms with E-state index >= 15 is 0 Å². The van der Waals surface area contributed by atoms with Gasteiger partial charge in [0.15, 0.2) is 0 Å². The first-order valence-corrected chi connectivity index (χ1v) is 7.09. The lowest BCUT2D eigenvalue weighted by molar-refractivity contribution is 0.647. The van der Waals surface area contributed by atoms with Gasteiger partial charge in [0, 0.05) is 17.9 Å². The van der Waals surface area contributed by atoms with Crippen molar-refractivity contribution in [1.82, 2.24) is 9.38 Å². The second-order valence-corrected chi connectivity index (χ2v) is 5.69. The lowest BCUT2D eigenvalue weighted by atomic mass is 10.0. The topological polar surface area (TPSA) is 17.3 Å². The molecule has 1 fully saturated rings.